The van der Waals surface area contributed by atoms with Gasteiger partial charge in [-0.1, -0.05) is 18.2 Å². The van der Waals surface area contributed by atoms with Crippen LogP contribution in [-0.2, 0) is 0 Å². The lowest BCUT2D eigenvalue weighted by molar-refractivity contribution is -0.385. The van der Waals surface area contributed by atoms with E-state index in [1.54, 1.807) is 39.0 Å². The van der Waals surface area contributed by atoms with E-state index in [-0.39, 0.29) is 11.1 Å². The van der Waals surface area contributed by atoms with Crippen molar-refractivity contribution in [1.82, 2.24) is 9.54 Å². The van der Waals surface area contributed by atoms with Crippen LogP contribution in [0.1, 0.15) is 41.5 Å². The third-order valence-corrected chi connectivity index (χ3v) is 4.12. The number of rotatable bonds is 4. The molecular weight excluding hydrogens is 386 g/mol. The molecule has 2 amide bonds. The van der Waals surface area contributed by atoms with E-state index >= 15 is 0 Å². The summed E-state index contributed by atoms with van der Waals surface area (Å²) in [5.41, 5.74) is -1.28. The second-order valence-corrected chi connectivity index (χ2v) is 7.18. The van der Waals surface area contributed by atoms with Crippen molar-refractivity contribution in [3.8, 4) is 5.75 Å². The van der Waals surface area contributed by atoms with E-state index in [0.717, 1.165) is 5.01 Å². The quantitative estimate of drug-likeness (QED) is 0.434. The van der Waals surface area contributed by atoms with Crippen LogP contribution >= 0.6 is 11.8 Å². The van der Waals surface area contributed by atoms with E-state index in [2.05, 4.69) is 0 Å². The molecule has 0 N–H and O–H groups in total. The molecule has 9 heteroatoms. The molecule has 8 nitrogen and oxygen atoms in total. The average Bonchev–Trinajstić information content (AvgIpc) is 2.66. The number of methoxy groups -OCH3 is 1. The Kier molecular flexibility index (Phi) is 6.25. The van der Waals surface area contributed by atoms with Crippen molar-refractivity contribution < 1.29 is 19.2 Å². The van der Waals surface area contributed by atoms with Crippen LogP contribution in [0, 0.1) is 10.1 Å². The van der Waals surface area contributed by atoms with Gasteiger partial charge in [-0.05, 0) is 45.0 Å². The summed E-state index contributed by atoms with van der Waals surface area (Å²) in [6.07, 6.45) is 0. The Morgan fingerprint density at radius 2 is 1.71 bits per heavy atom. The van der Waals surface area contributed by atoms with E-state index in [0.29, 0.717) is 10.3 Å². The minimum absolute atomic E-state index is 0.227. The van der Waals surface area contributed by atoms with Gasteiger partial charge in [0.1, 0.15) is 11.3 Å². The van der Waals surface area contributed by atoms with Gasteiger partial charge in [0.2, 0.25) is 0 Å². The van der Waals surface area contributed by atoms with Gasteiger partial charge in [0.05, 0.1) is 17.6 Å². The number of nitro benzene ring substituents is 1. The maximum Gasteiger partial charge on any atom is 0.294 e. The van der Waals surface area contributed by atoms with Gasteiger partial charge in [0, 0.05) is 23.4 Å². The molecule has 0 aliphatic carbocycles. The molecule has 0 aliphatic heterocycles. The van der Waals surface area contributed by atoms with Gasteiger partial charge < -0.3 is 4.74 Å². The Balaban J connectivity index is 2.47. The number of nitrogens with zero attached hydrogens (tertiary/aromatic N) is 3. The molecule has 148 valence electrons. The van der Waals surface area contributed by atoms with Gasteiger partial charge in [0.25, 0.3) is 17.5 Å². The highest BCUT2D eigenvalue weighted by atomic mass is 35.5. The summed E-state index contributed by atoms with van der Waals surface area (Å²) in [5.74, 6) is -0.987. The lowest BCUT2D eigenvalue weighted by atomic mass is 10.1. The minimum Gasteiger partial charge on any atom is -0.497 e. The molecular formula is C19H20ClN3O5. The predicted octanol–water partition coefficient (Wildman–Crippen LogP) is 4.06. The molecule has 0 aromatic heterocycles. The third-order valence-electron chi connectivity index (χ3n) is 3.82. The summed E-state index contributed by atoms with van der Waals surface area (Å²) >= 11 is 6.25. The summed E-state index contributed by atoms with van der Waals surface area (Å²) in [5, 5.41) is 12.3. The Hall–Kier alpha value is -3.13. The average molecular weight is 406 g/mol. The summed E-state index contributed by atoms with van der Waals surface area (Å²) in [7, 11) is 1.47. The van der Waals surface area contributed by atoms with E-state index < -0.39 is 28.0 Å². The molecule has 0 aliphatic rings. The SMILES string of the molecule is COc1cccc(C(=O)N(N(Cl)C(=O)c2ccccc2[N+](=O)[O-])C(C)(C)C)c1. The van der Waals surface area contributed by atoms with Crippen molar-refractivity contribution in [2.45, 2.75) is 26.3 Å². The van der Waals surface area contributed by atoms with Crippen molar-refractivity contribution >= 4 is 29.3 Å². The molecule has 0 atom stereocenters. The second kappa shape index (κ2) is 8.26. The number of amides is 2. The fraction of sp³-hybridized carbons (Fsp3) is 0.263. The first-order chi connectivity index (χ1) is 13.1. The molecule has 0 spiro atoms. The van der Waals surface area contributed by atoms with Crippen LogP contribution in [0.3, 0.4) is 0 Å². The van der Waals surface area contributed by atoms with Gasteiger partial charge in [-0.3, -0.25) is 19.7 Å². The molecule has 2 aromatic rings. The number of nitro groups is 1. The molecule has 0 saturated heterocycles. The summed E-state index contributed by atoms with van der Waals surface area (Å²) in [6, 6.07) is 11.8. The van der Waals surface area contributed by atoms with E-state index in [1.165, 1.54) is 37.4 Å². The summed E-state index contributed by atoms with van der Waals surface area (Å²) in [6.45, 7) is 5.06. The van der Waals surface area contributed by atoms with E-state index in [4.69, 9.17) is 16.5 Å². The van der Waals surface area contributed by atoms with Crippen molar-refractivity contribution in [3.63, 3.8) is 0 Å². The van der Waals surface area contributed by atoms with Crippen molar-refractivity contribution in [3.05, 3.63) is 69.8 Å². The zero-order valence-corrected chi connectivity index (χ0v) is 16.6. The fourth-order valence-electron chi connectivity index (χ4n) is 2.53. The standard InChI is InChI=1S/C19H20ClN3O5/c1-19(2,3)21(17(24)13-8-7-9-14(12-13)28-4)22(20)18(25)15-10-5-6-11-16(15)23(26)27/h5-12H,1-4H3. The maximum absolute atomic E-state index is 13.1. The molecule has 0 unspecified atom stereocenters. The zero-order valence-electron chi connectivity index (χ0n) is 15.9. The van der Waals surface area contributed by atoms with Gasteiger partial charge >= 0.3 is 0 Å². The van der Waals surface area contributed by atoms with Gasteiger partial charge in [-0.2, -0.15) is 0 Å². The van der Waals surface area contributed by atoms with Crippen LogP contribution in [0.2, 0.25) is 0 Å². The Bertz CT molecular complexity index is 910. The number of hydrogen-bond donors (Lipinski definition) is 0. The predicted molar refractivity (Wildman–Crippen MR) is 104 cm³/mol. The summed E-state index contributed by atoms with van der Waals surface area (Å²) < 4.78 is 5.72. The number of halogens is 1. The zero-order chi connectivity index (χ0) is 21.1. The molecule has 0 saturated carbocycles. The van der Waals surface area contributed by atoms with Crippen LogP contribution in [0.5, 0.6) is 5.75 Å². The fourth-order valence-corrected chi connectivity index (χ4v) is 2.92. The molecule has 2 aromatic carbocycles. The van der Waals surface area contributed by atoms with Crippen LogP contribution < -0.4 is 4.74 Å². The van der Waals surface area contributed by atoms with Gasteiger partial charge in [-0.25, -0.2) is 5.01 Å². The topological polar surface area (TPSA) is 93.0 Å². The number of hydrogen-bond acceptors (Lipinski definition) is 5. The highest BCUT2D eigenvalue weighted by molar-refractivity contribution is 6.25. The van der Waals surface area contributed by atoms with Crippen LogP contribution in [0.15, 0.2) is 48.5 Å². The van der Waals surface area contributed by atoms with E-state index in [9.17, 15) is 19.7 Å². The number of hydrazine groups is 1. The number of carbonyl (C=O) groups excluding carboxylic acids is 2. The van der Waals surface area contributed by atoms with E-state index in [1.807, 2.05) is 0 Å². The Morgan fingerprint density at radius 3 is 2.29 bits per heavy atom. The first-order valence-corrected chi connectivity index (χ1v) is 8.64. The highest BCUT2D eigenvalue weighted by Crippen LogP contribution is 2.27. The minimum atomic E-state index is -0.902. The Morgan fingerprint density at radius 1 is 1.07 bits per heavy atom. The van der Waals surface area contributed by atoms with Gasteiger partial charge in [-0.15, -0.1) is 4.53 Å². The molecule has 0 fully saturated rings. The van der Waals surface area contributed by atoms with Crippen LogP contribution in [0.4, 0.5) is 5.69 Å². The van der Waals surface area contributed by atoms with Crippen molar-refractivity contribution in [2.75, 3.05) is 7.11 Å². The number of ether oxygens (including phenoxy) is 1. The number of carbonyl (C=O) groups is 2. The molecule has 0 heterocycles. The normalized spacial score (nSPS) is 10.9. The Labute approximate surface area is 167 Å². The van der Waals surface area contributed by atoms with Gasteiger partial charge in [0.15, 0.2) is 0 Å². The molecule has 28 heavy (non-hydrogen) atoms. The number of benzene rings is 2. The monoisotopic (exact) mass is 405 g/mol. The largest absolute Gasteiger partial charge is 0.497 e. The molecule has 0 bridgehead atoms. The van der Waals surface area contributed by atoms with Crippen LogP contribution in [0.25, 0.3) is 0 Å². The summed E-state index contributed by atoms with van der Waals surface area (Å²) in [4.78, 5) is 36.6. The third kappa shape index (κ3) is 4.40. The number of para-hydroxylation sites is 1. The van der Waals surface area contributed by atoms with Crippen molar-refractivity contribution in [2.24, 2.45) is 0 Å². The van der Waals surface area contributed by atoms with Crippen LogP contribution in [-0.4, -0.2) is 38.9 Å². The maximum atomic E-state index is 13.1. The van der Waals surface area contributed by atoms with Crippen molar-refractivity contribution in [1.29, 1.82) is 0 Å². The smallest absolute Gasteiger partial charge is 0.294 e. The highest BCUT2D eigenvalue weighted by Gasteiger charge is 2.37. The second-order valence-electron chi connectivity index (χ2n) is 6.86. The lowest BCUT2D eigenvalue weighted by Crippen LogP contribution is -2.54. The first-order valence-electron chi connectivity index (χ1n) is 8.30. The lowest BCUT2D eigenvalue weighted by Gasteiger charge is -2.39. The molecule has 2 rings (SSSR count). The molecule has 0 radical (unpaired) electrons. The first kappa shape index (κ1) is 21.2.